The van der Waals surface area contributed by atoms with Gasteiger partial charge in [0, 0.05) is 32.4 Å². The molecule has 2 aliphatic carbocycles. The second kappa shape index (κ2) is 5.26. The molecule has 5 rings (SSSR count). The minimum absolute atomic E-state index is 0.0820. The van der Waals surface area contributed by atoms with E-state index in [9.17, 15) is 14.4 Å². The largest absolute Gasteiger partial charge is 0.338 e. The Morgan fingerprint density at radius 2 is 1.88 bits per heavy atom. The zero-order chi connectivity index (χ0) is 17.9. The lowest BCUT2D eigenvalue weighted by atomic mass is 10.0. The van der Waals surface area contributed by atoms with Crippen LogP contribution in [-0.2, 0) is 16.6 Å². The second-order valence-electron chi connectivity index (χ2n) is 7.24. The number of piperazine rings is 1. The zero-order valence-corrected chi connectivity index (χ0v) is 14.1. The summed E-state index contributed by atoms with van der Waals surface area (Å²) in [6.07, 6.45) is 6.04. The second-order valence-corrected chi connectivity index (χ2v) is 7.24. The van der Waals surface area contributed by atoms with E-state index in [1.807, 2.05) is 11.1 Å². The van der Waals surface area contributed by atoms with Crippen LogP contribution in [-0.4, -0.2) is 68.2 Å². The quantitative estimate of drug-likeness (QED) is 0.739. The number of carbonyl (C=O) groups excluding carboxylic acids is 2. The molecule has 1 saturated carbocycles. The first-order chi connectivity index (χ1) is 12.6. The summed E-state index contributed by atoms with van der Waals surface area (Å²) in [5.74, 6) is 0.202. The van der Waals surface area contributed by atoms with Gasteiger partial charge in [-0.05, 0) is 24.3 Å². The van der Waals surface area contributed by atoms with Crippen LogP contribution in [0.3, 0.4) is 0 Å². The standard InChI is InChI=1S/C17H18N6O3/c24-13-9-19-18-8-12(13)15(25)22-1-3-23(4-2-22)16(26)17-6-11(17)5-10-7-20-21-14(10)17/h7-9,11H,1-6H2,(H,18,24)(H,20,21)/t11-,17-/m1/s1. The lowest BCUT2D eigenvalue weighted by molar-refractivity contribution is -0.135. The van der Waals surface area contributed by atoms with Crippen molar-refractivity contribution in [2.45, 2.75) is 18.3 Å². The van der Waals surface area contributed by atoms with Gasteiger partial charge in [0.1, 0.15) is 5.56 Å². The van der Waals surface area contributed by atoms with Gasteiger partial charge < -0.3 is 9.80 Å². The minimum Gasteiger partial charge on any atom is -0.338 e. The van der Waals surface area contributed by atoms with Crippen LogP contribution in [0.25, 0.3) is 0 Å². The highest BCUT2D eigenvalue weighted by Crippen LogP contribution is 2.62. The van der Waals surface area contributed by atoms with Gasteiger partial charge in [-0.3, -0.25) is 24.6 Å². The fraction of sp³-hybridized carbons (Fsp3) is 0.471. The number of hydrogen-bond donors (Lipinski definition) is 2. The normalized spacial score (nSPS) is 26.4. The Hall–Kier alpha value is -2.97. The van der Waals surface area contributed by atoms with Crippen LogP contribution in [0.4, 0.5) is 0 Å². The molecule has 2 N–H and O–H groups in total. The Morgan fingerprint density at radius 3 is 2.65 bits per heavy atom. The first kappa shape index (κ1) is 15.3. The Balaban J connectivity index is 1.28. The molecular formula is C17H18N6O3. The highest BCUT2D eigenvalue weighted by Gasteiger charge is 2.67. The van der Waals surface area contributed by atoms with E-state index in [-0.39, 0.29) is 17.4 Å². The molecule has 2 aromatic rings. The van der Waals surface area contributed by atoms with E-state index in [4.69, 9.17) is 0 Å². The van der Waals surface area contributed by atoms with Crippen molar-refractivity contribution in [1.82, 2.24) is 30.2 Å². The summed E-state index contributed by atoms with van der Waals surface area (Å²) >= 11 is 0. The summed E-state index contributed by atoms with van der Waals surface area (Å²) in [4.78, 5) is 40.9. The predicted molar refractivity (Wildman–Crippen MR) is 89.4 cm³/mol. The minimum atomic E-state index is -0.416. The van der Waals surface area contributed by atoms with Gasteiger partial charge >= 0.3 is 0 Å². The Bertz CT molecular complexity index is 957. The average Bonchev–Trinajstić information content (AvgIpc) is 3.03. The molecule has 0 unspecified atom stereocenters. The van der Waals surface area contributed by atoms with Crippen molar-refractivity contribution >= 4 is 11.8 Å². The van der Waals surface area contributed by atoms with Crippen molar-refractivity contribution in [3.05, 3.63) is 45.6 Å². The Labute approximate surface area is 148 Å². The van der Waals surface area contributed by atoms with Crippen LogP contribution in [0, 0.1) is 5.92 Å². The molecule has 0 aromatic carbocycles. The van der Waals surface area contributed by atoms with Crippen LogP contribution in [0.15, 0.2) is 23.4 Å². The number of aromatic amines is 2. The smallest absolute Gasteiger partial charge is 0.259 e. The highest BCUT2D eigenvalue weighted by molar-refractivity contribution is 5.95. The molecule has 3 aliphatic rings. The fourth-order valence-corrected chi connectivity index (χ4v) is 4.44. The molecule has 0 bridgehead atoms. The maximum Gasteiger partial charge on any atom is 0.259 e. The lowest BCUT2D eigenvalue weighted by Gasteiger charge is -2.36. The molecule has 0 spiro atoms. The number of nitrogens with one attached hydrogen (secondary N) is 2. The van der Waals surface area contributed by atoms with Crippen molar-refractivity contribution in [3.63, 3.8) is 0 Å². The number of hydrogen-bond acceptors (Lipinski definition) is 5. The maximum absolute atomic E-state index is 13.1. The number of nitrogens with zero attached hydrogens (tertiary/aromatic N) is 4. The van der Waals surface area contributed by atoms with Crippen LogP contribution >= 0.6 is 0 Å². The van der Waals surface area contributed by atoms with Gasteiger partial charge in [-0.1, -0.05) is 0 Å². The first-order valence-corrected chi connectivity index (χ1v) is 8.76. The molecule has 9 heteroatoms. The monoisotopic (exact) mass is 354 g/mol. The molecule has 1 saturated heterocycles. The van der Waals surface area contributed by atoms with E-state index in [2.05, 4.69) is 20.4 Å². The number of aromatic nitrogens is 4. The predicted octanol–water partition coefficient (Wildman–Crippen LogP) is -0.709. The van der Waals surface area contributed by atoms with Gasteiger partial charge in [-0.2, -0.15) is 10.2 Å². The maximum atomic E-state index is 13.1. The summed E-state index contributed by atoms with van der Waals surface area (Å²) in [7, 11) is 0. The zero-order valence-electron chi connectivity index (χ0n) is 14.1. The van der Waals surface area contributed by atoms with Gasteiger partial charge in [0.05, 0.1) is 23.5 Å². The first-order valence-electron chi connectivity index (χ1n) is 8.76. The van der Waals surface area contributed by atoms with E-state index in [0.29, 0.717) is 32.1 Å². The summed E-state index contributed by atoms with van der Waals surface area (Å²) in [6, 6.07) is 0. The lowest BCUT2D eigenvalue weighted by Crippen LogP contribution is -2.53. The Kier molecular flexibility index (Phi) is 3.10. The molecule has 2 amide bonds. The van der Waals surface area contributed by atoms with Crippen LogP contribution < -0.4 is 5.43 Å². The molecule has 2 aromatic heterocycles. The average molecular weight is 354 g/mol. The van der Waals surface area contributed by atoms with Crippen molar-refractivity contribution in [2.75, 3.05) is 26.2 Å². The van der Waals surface area contributed by atoms with Gasteiger partial charge in [0.15, 0.2) is 0 Å². The van der Waals surface area contributed by atoms with Crippen molar-refractivity contribution in [2.24, 2.45) is 5.92 Å². The molecule has 2 fully saturated rings. The Morgan fingerprint density at radius 1 is 1.12 bits per heavy atom. The fourth-order valence-electron chi connectivity index (χ4n) is 4.44. The molecule has 1 aliphatic heterocycles. The highest BCUT2D eigenvalue weighted by atomic mass is 16.2. The summed E-state index contributed by atoms with van der Waals surface area (Å²) in [5.41, 5.74) is 1.40. The molecular weight excluding hydrogens is 336 g/mol. The topological polar surface area (TPSA) is 115 Å². The van der Waals surface area contributed by atoms with E-state index >= 15 is 0 Å². The van der Waals surface area contributed by atoms with Crippen LogP contribution in [0.5, 0.6) is 0 Å². The van der Waals surface area contributed by atoms with E-state index in [1.54, 1.807) is 4.90 Å². The van der Waals surface area contributed by atoms with Gasteiger partial charge in [0.25, 0.3) is 5.91 Å². The third-order valence-corrected chi connectivity index (χ3v) is 5.93. The third kappa shape index (κ3) is 2.00. The summed E-state index contributed by atoms with van der Waals surface area (Å²) in [6.45, 7) is 1.79. The number of amides is 2. The summed E-state index contributed by atoms with van der Waals surface area (Å²) in [5, 5.41) is 13.2. The van der Waals surface area contributed by atoms with E-state index in [0.717, 1.165) is 30.3 Å². The third-order valence-electron chi connectivity index (χ3n) is 5.93. The van der Waals surface area contributed by atoms with E-state index in [1.165, 1.54) is 6.20 Å². The molecule has 26 heavy (non-hydrogen) atoms. The van der Waals surface area contributed by atoms with Crippen LogP contribution in [0.2, 0.25) is 0 Å². The van der Waals surface area contributed by atoms with Gasteiger partial charge in [-0.15, -0.1) is 0 Å². The molecule has 0 radical (unpaired) electrons. The van der Waals surface area contributed by atoms with Crippen LogP contribution in [0.1, 0.15) is 28.0 Å². The van der Waals surface area contributed by atoms with Crippen molar-refractivity contribution in [1.29, 1.82) is 0 Å². The number of carbonyl (C=O) groups is 2. The van der Waals surface area contributed by atoms with Crippen molar-refractivity contribution in [3.8, 4) is 0 Å². The van der Waals surface area contributed by atoms with Gasteiger partial charge in [0.2, 0.25) is 11.3 Å². The molecule has 2 atom stereocenters. The number of H-pyrrole nitrogens is 2. The van der Waals surface area contributed by atoms with E-state index < -0.39 is 10.8 Å². The van der Waals surface area contributed by atoms with Crippen molar-refractivity contribution < 1.29 is 9.59 Å². The molecule has 9 nitrogen and oxygen atoms in total. The molecule has 134 valence electrons. The SMILES string of the molecule is O=C(c1c[nH]ncc1=O)N1CCN(C(=O)[C@]23C[C@H]2Cc2cn[nH]c23)CC1. The van der Waals surface area contributed by atoms with Gasteiger partial charge in [-0.25, -0.2) is 0 Å². The molecule has 3 heterocycles. The number of rotatable bonds is 2. The summed E-state index contributed by atoms with van der Waals surface area (Å²) < 4.78 is 0. The number of fused-ring (bicyclic) bond motifs is 3.